The van der Waals surface area contributed by atoms with Gasteiger partial charge in [-0.1, -0.05) is 44.5 Å². The second-order valence-electron chi connectivity index (χ2n) is 8.08. The number of nitrogens with one attached hydrogen (secondary N) is 2. The number of hydrogen-bond donors (Lipinski definition) is 2. The molecule has 8 heteroatoms. The van der Waals surface area contributed by atoms with Crippen LogP contribution in [0.2, 0.25) is 5.02 Å². The molecule has 2 N–H and O–H groups in total. The summed E-state index contributed by atoms with van der Waals surface area (Å²) in [5.74, 6) is 0.445. The van der Waals surface area contributed by atoms with Gasteiger partial charge in [0.05, 0.1) is 29.8 Å². The molecular weight excluding hydrogens is 437 g/mol. The average molecular weight is 460 g/mol. The van der Waals surface area contributed by atoms with Crippen molar-refractivity contribution in [2.75, 3.05) is 7.11 Å². The SMILES string of the molecule is COc1cc([C@@H]2NC(=S)NC(C(C)(C)C)=C2C#N)ccc1OCc1c(F)cccc1Cl. The molecule has 0 spiro atoms. The molecule has 31 heavy (non-hydrogen) atoms. The van der Waals surface area contributed by atoms with E-state index in [0.717, 1.165) is 11.3 Å². The smallest absolute Gasteiger partial charge is 0.171 e. The van der Waals surface area contributed by atoms with Gasteiger partial charge in [0.25, 0.3) is 0 Å². The van der Waals surface area contributed by atoms with Gasteiger partial charge < -0.3 is 20.1 Å². The lowest BCUT2D eigenvalue weighted by Crippen LogP contribution is -2.46. The van der Waals surface area contributed by atoms with Crippen LogP contribution in [0.3, 0.4) is 0 Å². The molecule has 162 valence electrons. The fraction of sp³-hybridized carbons (Fsp3) is 0.304. The fourth-order valence-corrected chi connectivity index (χ4v) is 3.77. The van der Waals surface area contributed by atoms with E-state index in [0.29, 0.717) is 27.2 Å². The van der Waals surface area contributed by atoms with Crippen LogP contribution in [0.25, 0.3) is 0 Å². The monoisotopic (exact) mass is 459 g/mol. The number of halogens is 2. The number of methoxy groups -OCH3 is 1. The lowest BCUT2D eigenvalue weighted by molar-refractivity contribution is 0.279. The molecule has 2 aromatic rings. The van der Waals surface area contributed by atoms with Crippen molar-refractivity contribution in [2.45, 2.75) is 33.4 Å². The van der Waals surface area contributed by atoms with Crippen molar-refractivity contribution in [1.29, 1.82) is 5.26 Å². The zero-order valence-corrected chi connectivity index (χ0v) is 19.2. The minimum atomic E-state index is -0.436. The first-order valence-electron chi connectivity index (χ1n) is 9.61. The third kappa shape index (κ3) is 4.92. The van der Waals surface area contributed by atoms with Crippen molar-refractivity contribution in [3.05, 3.63) is 69.6 Å². The summed E-state index contributed by atoms with van der Waals surface area (Å²) in [6.07, 6.45) is 0. The molecule has 3 rings (SSSR count). The molecular formula is C23H23ClFN3O2S. The molecule has 5 nitrogen and oxygen atoms in total. The van der Waals surface area contributed by atoms with E-state index in [2.05, 4.69) is 16.7 Å². The number of thiocarbonyl (C=S) groups is 1. The Morgan fingerprint density at radius 1 is 1.23 bits per heavy atom. The van der Waals surface area contributed by atoms with Crippen LogP contribution in [-0.4, -0.2) is 12.2 Å². The van der Waals surface area contributed by atoms with Crippen molar-refractivity contribution < 1.29 is 13.9 Å². The third-order valence-corrected chi connectivity index (χ3v) is 5.47. The highest BCUT2D eigenvalue weighted by Gasteiger charge is 2.32. The number of nitriles is 1. The maximum atomic E-state index is 14.0. The Hall–Kier alpha value is -2.82. The van der Waals surface area contributed by atoms with Gasteiger partial charge in [0.2, 0.25) is 0 Å². The van der Waals surface area contributed by atoms with Gasteiger partial charge in [0, 0.05) is 16.7 Å². The lowest BCUT2D eigenvalue weighted by Gasteiger charge is -2.35. The van der Waals surface area contributed by atoms with E-state index in [1.807, 2.05) is 26.8 Å². The van der Waals surface area contributed by atoms with Crippen LogP contribution in [0.1, 0.15) is 37.9 Å². The topological polar surface area (TPSA) is 66.3 Å². The van der Waals surface area contributed by atoms with E-state index in [1.165, 1.54) is 13.2 Å². The van der Waals surface area contributed by atoms with Crippen molar-refractivity contribution >= 4 is 28.9 Å². The summed E-state index contributed by atoms with van der Waals surface area (Å²) >= 11 is 11.4. The summed E-state index contributed by atoms with van der Waals surface area (Å²) in [7, 11) is 1.52. The first-order valence-corrected chi connectivity index (χ1v) is 10.4. The number of allylic oxidation sites excluding steroid dienone is 1. The Bertz CT molecular complexity index is 1070. The molecule has 2 aromatic carbocycles. The van der Waals surface area contributed by atoms with E-state index in [9.17, 15) is 9.65 Å². The highest BCUT2D eigenvalue weighted by Crippen LogP contribution is 2.38. The van der Waals surface area contributed by atoms with Crippen molar-refractivity contribution in [3.63, 3.8) is 0 Å². The summed E-state index contributed by atoms with van der Waals surface area (Å²) in [6, 6.07) is 11.7. The number of hydrogen-bond acceptors (Lipinski definition) is 4. The highest BCUT2D eigenvalue weighted by molar-refractivity contribution is 7.80. The van der Waals surface area contributed by atoms with Gasteiger partial charge in [-0.25, -0.2) is 4.39 Å². The zero-order valence-electron chi connectivity index (χ0n) is 17.7. The highest BCUT2D eigenvalue weighted by atomic mass is 35.5. The minimum Gasteiger partial charge on any atom is -0.493 e. The van der Waals surface area contributed by atoms with Gasteiger partial charge in [-0.05, 0) is 42.0 Å². The molecule has 1 atom stereocenters. The molecule has 0 aliphatic carbocycles. The van der Waals surface area contributed by atoms with Crippen LogP contribution >= 0.6 is 23.8 Å². The van der Waals surface area contributed by atoms with E-state index < -0.39 is 11.9 Å². The van der Waals surface area contributed by atoms with Gasteiger partial charge in [0.1, 0.15) is 12.4 Å². The predicted molar refractivity (Wildman–Crippen MR) is 122 cm³/mol. The quantitative estimate of drug-likeness (QED) is 0.583. The number of ether oxygens (including phenoxy) is 2. The normalized spacial score (nSPS) is 16.3. The summed E-state index contributed by atoms with van der Waals surface area (Å²) in [5, 5.41) is 16.9. The molecule has 1 aliphatic rings. The van der Waals surface area contributed by atoms with Crippen molar-refractivity contribution in [3.8, 4) is 17.6 Å². The number of nitrogens with zero attached hydrogens (tertiary/aromatic N) is 1. The first-order chi connectivity index (χ1) is 14.7. The third-order valence-electron chi connectivity index (χ3n) is 4.90. The molecule has 1 aliphatic heterocycles. The second kappa shape index (κ2) is 9.13. The molecule has 0 unspecified atom stereocenters. The van der Waals surface area contributed by atoms with Crippen LogP contribution in [0.5, 0.6) is 11.5 Å². The van der Waals surface area contributed by atoms with Gasteiger partial charge >= 0.3 is 0 Å². The van der Waals surface area contributed by atoms with Crippen LogP contribution in [-0.2, 0) is 6.61 Å². The summed E-state index contributed by atoms with van der Waals surface area (Å²) in [6.45, 7) is 6.00. The molecule has 0 radical (unpaired) electrons. The van der Waals surface area contributed by atoms with E-state index in [-0.39, 0.29) is 17.6 Å². The molecule has 0 aromatic heterocycles. The molecule has 0 bridgehead atoms. The Balaban J connectivity index is 1.94. The fourth-order valence-electron chi connectivity index (χ4n) is 3.33. The summed E-state index contributed by atoms with van der Waals surface area (Å²) < 4.78 is 25.3. The van der Waals surface area contributed by atoms with E-state index >= 15 is 0 Å². The maximum Gasteiger partial charge on any atom is 0.171 e. The second-order valence-corrected chi connectivity index (χ2v) is 8.90. The van der Waals surface area contributed by atoms with Gasteiger partial charge in [-0.15, -0.1) is 0 Å². The Labute approximate surface area is 191 Å². The minimum absolute atomic E-state index is 0.0472. The van der Waals surface area contributed by atoms with Gasteiger partial charge in [-0.2, -0.15) is 5.26 Å². The summed E-state index contributed by atoms with van der Waals surface area (Å²) in [5.41, 5.74) is 2.09. The van der Waals surface area contributed by atoms with Crippen LogP contribution < -0.4 is 20.1 Å². The molecule has 1 heterocycles. The average Bonchev–Trinajstić information content (AvgIpc) is 2.72. The first kappa shape index (κ1) is 22.9. The maximum absolute atomic E-state index is 14.0. The lowest BCUT2D eigenvalue weighted by atomic mass is 9.84. The zero-order chi connectivity index (χ0) is 22.8. The van der Waals surface area contributed by atoms with Crippen LogP contribution in [0.4, 0.5) is 4.39 Å². The van der Waals surface area contributed by atoms with E-state index in [1.54, 1.807) is 24.3 Å². The number of benzene rings is 2. The van der Waals surface area contributed by atoms with Crippen LogP contribution in [0, 0.1) is 22.6 Å². The van der Waals surface area contributed by atoms with Crippen LogP contribution in [0.15, 0.2) is 47.7 Å². The number of rotatable bonds is 5. The predicted octanol–water partition coefficient (Wildman–Crippen LogP) is 5.41. The Morgan fingerprint density at radius 2 is 1.97 bits per heavy atom. The van der Waals surface area contributed by atoms with Gasteiger partial charge in [-0.3, -0.25) is 0 Å². The Kier molecular flexibility index (Phi) is 6.73. The summed E-state index contributed by atoms with van der Waals surface area (Å²) in [4.78, 5) is 0. The molecule has 0 saturated heterocycles. The molecule has 0 amide bonds. The van der Waals surface area contributed by atoms with Crippen molar-refractivity contribution in [2.24, 2.45) is 5.41 Å². The largest absolute Gasteiger partial charge is 0.493 e. The molecule has 0 fully saturated rings. The Morgan fingerprint density at radius 3 is 2.58 bits per heavy atom. The van der Waals surface area contributed by atoms with Gasteiger partial charge in [0.15, 0.2) is 16.6 Å². The molecule has 0 saturated carbocycles. The standard InChI is InChI=1S/C23H23ClFN3O2S/c1-23(2,3)21-14(11-26)20(27-22(31)28-21)13-8-9-18(19(10-13)29-4)30-12-15-16(24)6-5-7-17(15)25/h5-10,20H,12H2,1-4H3,(H2,27,28,31)/t20-/m0/s1. The van der Waals surface area contributed by atoms with Crippen molar-refractivity contribution in [1.82, 2.24) is 10.6 Å². The van der Waals surface area contributed by atoms with E-state index in [4.69, 9.17) is 33.3 Å².